The van der Waals surface area contributed by atoms with Crippen molar-refractivity contribution < 1.29 is 4.42 Å². The molecular formula is C49H37NO. The van der Waals surface area contributed by atoms with E-state index in [0.717, 1.165) is 41.2 Å². The van der Waals surface area contributed by atoms with Crippen molar-refractivity contribution in [3.05, 3.63) is 180 Å². The molecule has 2 aliphatic carbocycles. The van der Waals surface area contributed by atoms with E-state index < -0.39 is 0 Å². The highest BCUT2D eigenvalue weighted by Gasteiger charge is 2.37. The molecule has 51 heavy (non-hydrogen) atoms. The topological polar surface area (TPSA) is 16.4 Å². The molecule has 2 heteroatoms. The highest BCUT2D eigenvalue weighted by atomic mass is 16.3. The number of hydrogen-bond acceptors (Lipinski definition) is 2. The third-order valence-electron chi connectivity index (χ3n) is 11.1. The van der Waals surface area contributed by atoms with Crippen molar-refractivity contribution in [1.82, 2.24) is 0 Å². The molecule has 10 rings (SSSR count). The molecule has 1 heterocycles. The van der Waals surface area contributed by atoms with E-state index in [2.05, 4.69) is 183 Å². The molecule has 0 bridgehead atoms. The van der Waals surface area contributed by atoms with Crippen molar-refractivity contribution in [3.63, 3.8) is 0 Å². The third-order valence-corrected chi connectivity index (χ3v) is 11.1. The van der Waals surface area contributed by atoms with Crippen LogP contribution in [0.25, 0.3) is 61.2 Å². The minimum absolute atomic E-state index is 0.0824. The van der Waals surface area contributed by atoms with Gasteiger partial charge in [0.1, 0.15) is 11.3 Å². The van der Waals surface area contributed by atoms with E-state index in [9.17, 15) is 0 Å². The lowest BCUT2D eigenvalue weighted by molar-refractivity contribution is 0.595. The third kappa shape index (κ3) is 4.71. The summed E-state index contributed by atoms with van der Waals surface area (Å²) < 4.78 is 6.44. The van der Waals surface area contributed by atoms with Crippen LogP contribution in [0.2, 0.25) is 0 Å². The Labute approximate surface area is 298 Å². The Balaban J connectivity index is 1.13. The van der Waals surface area contributed by atoms with Crippen molar-refractivity contribution in [2.75, 3.05) is 4.90 Å². The zero-order chi connectivity index (χ0) is 34.1. The maximum absolute atomic E-state index is 6.44. The largest absolute Gasteiger partial charge is 0.456 e. The van der Waals surface area contributed by atoms with Crippen molar-refractivity contribution in [1.29, 1.82) is 0 Å². The number of anilines is 3. The molecule has 0 unspecified atom stereocenters. The lowest BCUT2D eigenvalue weighted by Crippen LogP contribution is -2.16. The van der Waals surface area contributed by atoms with Crippen LogP contribution >= 0.6 is 0 Å². The van der Waals surface area contributed by atoms with Crippen LogP contribution in [0.15, 0.2) is 162 Å². The molecular weight excluding hydrogens is 619 g/mol. The van der Waals surface area contributed by atoms with E-state index in [0.29, 0.717) is 0 Å². The van der Waals surface area contributed by atoms with Gasteiger partial charge in [-0.15, -0.1) is 0 Å². The van der Waals surface area contributed by atoms with Crippen LogP contribution in [0, 0.1) is 0 Å². The zero-order valence-electron chi connectivity index (χ0n) is 28.9. The number of allylic oxidation sites excluding steroid dienone is 1. The Morgan fingerprint density at radius 1 is 0.569 bits per heavy atom. The van der Waals surface area contributed by atoms with E-state index in [4.69, 9.17) is 4.42 Å². The molecule has 0 saturated carbocycles. The summed E-state index contributed by atoms with van der Waals surface area (Å²) in [6.45, 7) is 4.72. The molecule has 0 atom stereocenters. The fourth-order valence-electron chi connectivity index (χ4n) is 8.70. The fourth-order valence-corrected chi connectivity index (χ4v) is 8.70. The number of aryl methyl sites for hydroxylation is 1. The maximum atomic E-state index is 6.44. The summed E-state index contributed by atoms with van der Waals surface area (Å²) in [5, 5.41) is 3.69. The molecule has 0 radical (unpaired) electrons. The molecule has 0 saturated heterocycles. The smallest absolute Gasteiger partial charge is 0.137 e. The van der Waals surface area contributed by atoms with Crippen molar-refractivity contribution in [2.24, 2.45) is 0 Å². The van der Waals surface area contributed by atoms with Crippen molar-refractivity contribution in [3.8, 4) is 33.4 Å². The quantitative estimate of drug-likeness (QED) is 0.183. The number of furan rings is 1. The fraction of sp³-hybridized carbons (Fsp3) is 0.102. The second-order valence-corrected chi connectivity index (χ2v) is 14.4. The second kappa shape index (κ2) is 11.5. The summed E-state index contributed by atoms with van der Waals surface area (Å²) in [6.07, 6.45) is 6.34. The summed E-state index contributed by atoms with van der Waals surface area (Å²) in [6, 6.07) is 55.6. The van der Waals surface area contributed by atoms with Crippen LogP contribution < -0.4 is 4.90 Å². The van der Waals surface area contributed by atoms with Gasteiger partial charge in [0, 0.05) is 27.7 Å². The molecule has 0 spiro atoms. The number of benzene rings is 7. The van der Waals surface area contributed by atoms with Gasteiger partial charge in [-0.2, -0.15) is 0 Å². The Hall–Kier alpha value is -6.12. The first-order chi connectivity index (χ1) is 25.0. The van der Waals surface area contributed by atoms with E-state index in [-0.39, 0.29) is 5.41 Å². The highest BCUT2D eigenvalue weighted by molar-refractivity contribution is 6.01. The summed E-state index contributed by atoms with van der Waals surface area (Å²) in [5.41, 5.74) is 15.9. The van der Waals surface area contributed by atoms with Crippen LogP contribution in [0.4, 0.5) is 17.1 Å². The Morgan fingerprint density at radius 3 is 2.20 bits per heavy atom. The van der Waals surface area contributed by atoms with Crippen molar-refractivity contribution >= 4 is 44.9 Å². The Bertz CT molecular complexity index is 2670. The van der Waals surface area contributed by atoms with Crippen LogP contribution in [0.5, 0.6) is 0 Å². The van der Waals surface area contributed by atoms with E-state index in [1.54, 1.807) is 0 Å². The molecule has 2 aliphatic rings. The normalized spacial score (nSPS) is 14.0. The van der Waals surface area contributed by atoms with Gasteiger partial charge >= 0.3 is 0 Å². The molecule has 7 aromatic carbocycles. The molecule has 2 nitrogen and oxygen atoms in total. The highest BCUT2D eigenvalue weighted by Crippen LogP contribution is 2.52. The Morgan fingerprint density at radius 2 is 1.29 bits per heavy atom. The number of fused-ring (bicyclic) bond motifs is 7. The van der Waals surface area contributed by atoms with Gasteiger partial charge in [-0.1, -0.05) is 129 Å². The summed E-state index contributed by atoms with van der Waals surface area (Å²) >= 11 is 0. The summed E-state index contributed by atoms with van der Waals surface area (Å²) in [7, 11) is 0. The number of rotatable bonds is 5. The minimum atomic E-state index is -0.0824. The predicted octanol–water partition coefficient (Wildman–Crippen LogP) is 13.7. The van der Waals surface area contributed by atoms with Gasteiger partial charge in [0.15, 0.2) is 0 Å². The molecule has 8 aromatic rings. The van der Waals surface area contributed by atoms with Gasteiger partial charge in [0.25, 0.3) is 0 Å². The average Bonchev–Trinajstić information content (AvgIpc) is 3.68. The molecule has 0 fully saturated rings. The summed E-state index contributed by atoms with van der Waals surface area (Å²) in [4.78, 5) is 2.42. The van der Waals surface area contributed by atoms with Crippen LogP contribution in [-0.2, 0) is 11.8 Å². The Kier molecular flexibility index (Phi) is 6.69. The first-order valence-electron chi connectivity index (χ1n) is 18.0. The van der Waals surface area contributed by atoms with Gasteiger partial charge in [-0.3, -0.25) is 0 Å². The maximum Gasteiger partial charge on any atom is 0.137 e. The first kappa shape index (κ1) is 29.8. The molecule has 0 aliphatic heterocycles. The number of hydrogen-bond donors (Lipinski definition) is 0. The first-order valence-corrected chi connectivity index (χ1v) is 18.0. The monoisotopic (exact) mass is 655 g/mol. The van der Waals surface area contributed by atoms with Crippen LogP contribution in [-0.4, -0.2) is 0 Å². The number of nitrogens with zero attached hydrogens (tertiary/aromatic N) is 1. The molecule has 244 valence electrons. The standard InChI is InChI=1S/C49H37NO/c1-49(2)43-20-7-5-16-40(43)41-19-10-18-39(48(41)49)33-26-28-37(29-27-33)50(44-21-11-23-46-47(44)42-17-6-8-22-45(42)51-46)38-15-9-14-35(31-38)36-25-24-32-12-3-4-13-34(32)30-36/h3-5,7-16,18-31H,6,17H2,1-2H3. The SMILES string of the molecule is CC1(C)c2ccccc2-c2cccc(-c3ccc(N(c4cccc(-c5ccc6ccccc6c5)c4)c4cccc5oc6c(c45)CCC=C6)cc3)c21. The van der Waals surface area contributed by atoms with Crippen molar-refractivity contribution in [2.45, 2.75) is 32.1 Å². The van der Waals surface area contributed by atoms with Gasteiger partial charge in [-0.05, 0) is 117 Å². The summed E-state index contributed by atoms with van der Waals surface area (Å²) in [5.74, 6) is 0.977. The van der Waals surface area contributed by atoms with Crippen LogP contribution in [0.1, 0.15) is 42.7 Å². The molecule has 1 aromatic heterocycles. The minimum Gasteiger partial charge on any atom is -0.456 e. The van der Waals surface area contributed by atoms with E-state index in [1.165, 1.54) is 66.2 Å². The average molecular weight is 656 g/mol. The second-order valence-electron chi connectivity index (χ2n) is 14.4. The lowest BCUT2D eigenvalue weighted by Gasteiger charge is -2.28. The van der Waals surface area contributed by atoms with Gasteiger partial charge in [-0.25, -0.2) is 0 Å². The zero-order valence-corrected chi connectivity index (χ0v) is 28.9. The van der Waals surface area contributed by atoms with Gasteiger partial charge < -0.3 is 9.32 Å². The molecule has 0 N–H and O–H groups in total. The lowest BCUT2D eigenvalue weighted by atomic mass is 9.79. The molecule has 0 amide bonds. The van der Waals surface area contributed by atoms with Gasteiger partial charge in [0.2, 0.25) is 0 Å². The van der Waals surface area contributed by atoms with Gasteiger partial charge in [0.05, 0.1) is 5.69 Å². The van der Waals surface area contributed by atoms with Crippen LogP contribution in [0.3, 0.4) is 0 Å². The van der Waals surface area contributed by atoms with E-state index in [1.807, 2.05) is 0 Å². The van der Waals surface area contributed by atoms with E-state index >= 15 is 0 Å². The predicted molar refractivity (Wildman–Crippen MR) is 214 cm³/mol.